The zero-order valence-corrected chi connectivity index (χ0v) is 15.4. The van der Waals surface area contributed by atoms with Gasteiger partial charge < -0.3 is 15.0 Å². The number of amides is 2. The normalized spacial score (nSPS) is 36.0. The van der Waals surface area contributed by atoms with Crippen LogP contribution in [-0.4, -0.2) is 42.1 Å². The van der Waals surface area contributed by atoms with Gasteiger partial charge in [-0.1, -0.05) is 6.07 Å². The molecule has 1 N–H and O–H groups in total. The van der Waals surface area contributed by atoms with Crippen molar-refractivity contribution >= 4 is 12.0 Å². The van der Waals surface area contributed by atoms with Gasteiger partial charge >= 0.3 is 12.3 Å². The summed E-state index contributed by atoms with van der Waals surface area (Å²) in [4.78, 5) is 26.0. The topological polar surface area (TPSA) is 58.6 Å². The molecule has 8 heteroatoms. The van der Waals surface area contributed by atoms with Crippen LogP contribution in [0.5, 0.6) is 0 Å². The molecule has 5 nitrogen and oxygen atoms in total. The summed E-state index contributed by atoms with van der Waals surface area (Å²) in [5, 5.41) is 2.79. The van der Waals surface area contributed by atoms with Crippen LogP contribution in [0.25, 0.3) is 0 Å². The molecule has 2 saturated carbocycles. The zero-order chi connectivity index (χ0) is 19.9. The molecule has 2 saturated heterocycles. The lowest BCUT2D eigenvalue weighted by molar-refractivity contribution is -0.140. The third-order valence-corrected chi connectivity index (χ3v) is 7.02. The second kappa shape index (κ2) is 5.42. The van der Waals surface area contributed by atoms with Crippen LogP contribution in [0.15, 0.2) is 18.2 Å². The minimum absolute atomic E-state index is 0.0860. The Hall–Kier alpha value is -2.25. The molecule has 2 amide bonds. The molecule has 4 aliphatic rings. The van der Waals surface area contributed by atoms with Gasteiger partial charge in [0.05, 0.1) is 11.1 Å². The maximum atomic E-state index is 12.9. The van der Waals surface area contributed by atoms with Gasteiger partial charge in [0.1, 0.15) is 6.61 Å². The number of nitrogens with zero attached hydrogens (tertiary/aromatic N) is 1. The third-order valence-electron chi connectivity index (χ3n) is 7.02. The predicted octanol–water partition coefficient (Wildman–Crippen LogP) is 3.00. The minimum atomic E-state index is -4.35. The van der Waals surface area contributed by atoms with E-state index >= 15 is 0 Å². The number of hydrogen-bond acceptors (Lipinski definition) is 3. The average Bonchev–Trinajstić information content (AvgIpc) is 2.95. The van der Waals surface area contributed by atoms with E-state index in [9.17, 15) is 22.8 Å². The first-order valence-electron chi connectivity index (χ1n) is 9.54. The molecule has 5 rings (SSSR count). The number of piperidine rings is 1. The smallest absolute Gasteiger partial charge is 0.416 e. The van der Waals surface area contributed by atoms with Crippen LogP contribution in [0.1, 0.15) is 36.0 Å². The van der Waals surface area contributed by atoms with Crippen molar-refractivity contribution in [3.63, 3.8) is 0 Å². The fourth-order valence-electron chi connectivity index (χ4n) is 5.50. The van der Waals surface area contributed by atoms with Crippen molar-refractivity contribution in [2.45, 2.75) is 43.3 Å². The highest BCUT2D eigenvalue weighted by Crippen LogP contribution is 2.60. The number of cyclic esters (lactones) is 1. The number of benzene rings is 1. The number of hydrogen-bond donors (Lipinski definition) is 1. The number of rotatable bonds is 2. The van der Waals surface area contributed by atoms with E-state index < -0.39 is 17.8 Å². The molecular weight excluding hydrogens is 373 g/mol. The second-order valence-corrected chi connectivity index (χ2v) is 8.89. The van der Waals surface area contributed by atoms with Crippen LogP contribution < -0.4 is 5.32 Å². The molecule has 0 aromatic heterocycles. The molecule has 0 radical (unpaired) electrons. The number of alkyl halides is 3. The Morgan fingerprint density at radius 1 is 1.29 bits per heavy atom. The largest absolute Gasteiger partial charge is 0.447 e. The zero-order valence-electron chi connectivity index (χ0n) is 15.4. The standard InChI is InChI=1S/C20H21F3N2O3/c1-11-4-13(20(21,22)23)2-3-15(11)19-7-14(19)8-25(9-19)16(26)12-5-18(6-12)10-28-17(27)24-18/h2-4,12,14H,5-10H2,1H3,(H,24,27)/t12-,14?,18+,19?. The molecule has 4 fully saturated rings. The number of carbonyl (C=O) groups is 2. The fraction of sp³-hybridized carbons (Fsp3) is 0.600. The summed E-state index contributed by atoms with van der Waals surface area (Å²) in [5.41, 5.74) is 0.355. The Morgan fingerprint density at radius 3 is 2.64 bits per heavy atom. The number of halogens is 3. The van der Waals surface area contributed by atoms with Gasteiger partial charge in [0.15, 0.2) is 0 Å². The van der Waals surface area contributed by atoms with Crippen molar-refractivity contribution in [1.29, 1.82) is 0 Å². The van der Waals surface area contributed by atoms with Crippen LogP contribution in [0.3, 0.4) is 0 Å². The van der Waals surface area contributed by atoms with E-state index in [-0.39, 0.29) is 22.8 Å². The number of fused-ring (bicyclic) bond motifs is 1. The van der Waals surface area contributed by atoms with Gasteiger partial charge in [0.2, 0.25) is 5.91 Å². The van der Waals surface area contributed by atoms with Gasteiger partial charge in [-0.3, -0.25) is 4.79 Å². The quantitative estimate of drug-likeness (QED) is 0.839. The molecule has 2 aliphatic heterocycles. The number of carbonyl (C=O) groups excluding carboxylic acids is 2. The average molecular weight is 394 g/mol. The van der Waals surface area contributed by atoms with E-state index in [1.54, 1.807) is 13.0 Å². The maximum Gasteiger partial charge on any atom is 0.416 e. The monoisotopic (exact) mass is 394 g/mol. The first-order chi connectivity index (χ1) is 13.1. The minimum Gasteiger partial charge on any atom is -0.447 e. The van der Waals surface area contributed by atoms with Crippen LogP contribution in [0.4, 0.5) is 18.0 Å². The van der Waals surface area contributed by atoms with Crippen molar-refractivity contribution in [3.8, 4) is 0 Å². The van der Waals surface area contributed by atoms with Crippen molar-refractivity contribution < 1.29 is 27.5 Å². The second-order valence-electron chi connectivity index (χ2n) is 8.89. The Labute approximate surface area is 160 Å². The molecule has 150 valence electrons. The Kier molecular flexibility index (Phi) is 3.45. The summed E-state index contributed by atoms with van der Waals surface area (Å²) in [6, 6.07) is 3.95. The number of ether oxygens (including phenoxy) is 1. The summed E-state index contributed by atoms with van der Waals surface area (Å²) in [6.45, 7) is 3.26. The fourth-order valence-corrected chi connectivity index (χ4v) is 5.50. The highest BCUT2D eigenvalue weighted by Gasteiger charge is 2.63. The van der Waals surface area contributed by atoms with Crippen LogP contribution in [-0.2, 0) is 21.1 Å². The van der Waals surface area contributed by atoms with Gasteiger partial charge in [-0.2, -0.15) is 13.2 Å². The first-order valence-corrected chi connectivity index (χ1v) is 9.54. The summed E-state index contributed by atoms with van der Waals surface area (Å²) in [7, 11) is 0. The van der Waals surface area contributed by atoms with Crippen molar-refractivity contribution in [3.05, 3.63) is 34.9 Å². The first kappa shape index (κ1) is 17.8. The molecule has 1 aromatic rings. The van der Waals surface area contributed by atoms with E-state index in [0.29, 0.717) is 44.0 Å². The van der Waals surface area contributed by atoms with Crippen LogP contribution >= 0.6 is 0 Å². The van der Waals surface area contributed by atoms with Gasteiger partial charge in [-0.05, 0) is 55.4 Å². The number of aryl methyl sites for hydroxylation is 1. The summed E-state index contributed by atoms with van der Waals surface area (Å²) in [5.74, 6) is 0.281. The maximum absolute atomic E-state index is 12.9. The highest BCUT2D eigenvalue weighted by atomic mass is 19.4. The molecule has 1 aromatic carbocycles. The molecule has 2 heterocycles. The van der Waals surface area contributed by atoms with E-state index in [2.05, 4.69) is 5.32 Å². The SMILES string of the molecule is Cc1cc(C(F)(F)F)ccc1C12CC1CN(C(=O)[C@H]1C[C@]3(COC(=O)N3)C1)C2. The van der Waals surface area contributed by atoms with E-state index in [1.165, 1.54) is 6.07 Å². The number of nitrogens with one attached hydrogen (secondary N) is 1. The highest BCUT2D eigenvalue weighted by molar-refractivity contribution is 5.82. The van der Waals surface area contributed by atoms with E-state index in [1.807, 2.05) is 4.90 Å². The molecule has 28 heavy (non-hydrogen) atoms. The third kappa shape index (κ3) is 2.53. The number of likely N-dealkylation sites (tertiary alicyclic amines) is 1. The van der Waals surface area contributed by atoms with E-state index in [4.69, 9.17) is 4.74 Å². The van der Waals surface area contributed by atoms with Gasteiger partial charge in [-0.15, -0.1) is 0 Å². The van der Waals surface area contributed by atoms with Gasteiger partial charge in [0, 0.05) is 24.4 Å². The summed E-state index contributed by atoms with van der Waals surface area (Å²) in [6.07, 6.45) is -2.68. The van der Waals surface area contributed by atoms with Crippen molar-refractivity contribution in [2.75, 3.05) is 19.7 Å². The molecule has 1 spiro atoms. The molecule has 2 aliphatic carbocycles. The Bertz CT molecular complexity index is 878. The molecule has 2 atom stereocenters. The summed E-state index contributed by atoms with van der Waals surface area (Å²) >= 11 is 0. The van der Waals surface area contributed by atoms with E-state index in [0.717, 1.165) is 18.1 Å². The van der Waals surface area contributed by atoms with Gasteiger partial charge in [0.25, 0.3) is 0 Å². The Balaban J connectivity index is 1.28. The molecular formula is C20H21F3N2O3. The van der Waals surface area contributed by atoms with Gasteiger partial charge in [-0.25, -0.2) is 4.79 Å². The van der Waals surface area contributed by atoms with Crippen molar-refractivity contribution in [1.82, 2.24) is 10.2 Å². The molecule has 0 bridgehead atoms. The lowest BCUT2D eigenvalue weighted by Gasteiger charge is -2.43. The van der Waals surface area contributed by atoms with Crippen molar-refractivity contribution in [2.24, 2.45) is 11.8 Å². The van der Waals surface area contributed by atoms with Crippen LogP contribution in [0.2, 0.25) is 0 Å². The summed E-state index contributed by atoms with van der Waals surface area (Å²) < 4.78 is 43.8. The van der Waals surface area contributed by atoms with Crippen LogP contribution in [0, 0.1) is 18.8 Å². The molecule has 2 unspecified atom stereocenters. The number of alkyl carbamates (subject to hydrolysis) is 1. The predicted molar refractivity (Wildman–Crippen MR) is 92.5 cm³/mol. The lowest BCUT2D eigenvalue weighted by Crippen LogP contribution is -2.58. The Morgan fingerprint density at radius 2 is 2.04 bits per heavy atom. The lowest BCUT2D eigenvalue weighted by atomic mass is 9.68.